The van der Waals surface area contributed by atoms with Crippen molar-refractivity contribution >= 4 is 28.5 Å². The fraction of sp³-hybridized carbons (Fsp3) is 0.304. The van der Waals surface area contributed by atoms with Crippen LogP contribution in [0, 0.1) is 5.41 Å². The summed E-state index contributed by atoms with van der Waals surface area (Å²) in [6.07, 6.45) is -0.117. The van der Waals surface area contributed by atoms with Gasteiger partial charge in [-0.1, -0.05) is 19.1 Å². The molecule has 1 heterocycles. The van der Waals surface area contributed by atoms with Crippen molar-refractivity contribution in [1.29, 1.82) is 0 Å². The Morgan fingerprint density at radius 2 is 1.59 bits per heavy atom. The van der Waals surface area contributed by atoms with Crippen LogP contribution < -0.4 is 5.63 Å². The average molecular weight is 394 g/mol. The minimum Gasteiger partial charge on any atom is -0.481 e. The van der Waals surface area contributed by atoms with Gasteiger partial charge in [0.15, 0.2) is 11.6 Å². The van der Waals surface area contributed by atoms with Crippen molar-refractivity contribution in [2.75, 3.05) is 0 Å². The fourth-order valence-corrected chi connectivity index (χ4v) is 4.06. The quantitative estimate of drug-likeness (QED) is 0.614. The van der Waals surface area contributed by atoms with Gasteiger partial charge in [0.1, 0.15) is 5.58 Å². The number of Topliss-reactive ketones (excluding diaryl/α,β-unsaturated/α-hetero) is 2. The van der Waals surface area contributed by atoms with Crippen molar-refractivity contribution in [2.24, 2.45) is 5.41 Å². The van der Waals surface area contributed by atoms with Crippen molar-refractivity contribution in [3.8, 4) is 0 Å². The number of hydrogen-bond donors (Lipinski definition) is 1. The molecule has 1 aliphatic rings. The number of hydrogen-bond acceptors (Lipinski definition) is 5. The second-order valence-electron chi connectivity index (χ2n) is 7.84. The summed E-state index contributed by atoms with van der Waals surface area (Å²) in [6.45, 7) is 6.46. The minimum absolute atomic E-state index is 0.200. The van der Waals surface area contributed by atoms with Gasteiger partial charge in [0.05, 0.1) is 6.42 Å². The smallest absolute Gasteiger partial charge is 0.336 e. The van der Waals surface area contributed by atoms with Gasteiger partial charge in [0.25, 0.3) is 0 Å². The lowest BCUT2D eigenvalue weighted by molar-refractivity contribution is -0.139. The number of aliphatic carboxylic acids is 1. The first kappa shape index (κ1) is 20.5. The molecular formula is C23H22O6. The van der Waals surface area contributed by atoms with Gasteiger partial charge in [-0.25, -0.2) is 4.79 Å². The lowest BCUT2D eigenvalue weighted by Gasteiger charge is -2.34. The predicted octanol–water partition coefficient (Wildman–Crippen LogP) is 3.62. The molecule has 1 aromatic heterocycles. The molecule has 6 nitrogen and oxygen atoms in total. The second kappa shape index (κ2) is 7.28. The maximum absolute atomic E-state index is 13.0. The third-order valence-corrected chi connectivity index (χ3v) is 5.61. The fourth-order valence-electron chi connectivity index (χ4n) is 4.06. The van der Waals surface area contributed by atoms with E-state index in [9.17, 15) is 24.3 Å². The Morgan fingerprint density at radius 1 is 0.966 bits per heavy atom. The zero-order valence-electron chi connectivity index (χ0n) is 16.8. The number of carbonyl (C=O) groups excluding carboxylic acids is 2. The summed E-state index contributed by atoms with van der Waals surface area (Å²) in [7, 11) is 0. The molecule has 2 aromatic rings. The largest absolute Gasteiger partial charge is 0.481 e. The first-order valence-corrected chi connectivity index (χ1v) is 9.26. The van der Waals surface area contributed by atoms with Crippen LogP contribution in [0.15, 0.2) is 61.8 Å². The highest BCUT2D eigenvalue weighted by Gasteiger charge is 2.41. The van der Waals surface area contributed by atoms with Crippen LogP contribution in [0.2, 0.25) is 0 Å². The molecule has 150 valence electrons. The van der Waals surface area contributed by atoms with E-state index >= 15 is 0 Å². The Labute approximate surface area is 167 Å². The molecule has 1 unspecified atom stereocenters. The third kappa shape index (κ3) is 3.70. The Bertz CT molecular complexity index is 1180. The highest BCUT2D eigenvalue weighted by molar-refractivity contribution is 6.25. The molecule has 1 N–H and O–H groups in total. The third-order valence-electron chi connectivity index (χ3n) is 5.61. The first-order valence-electron chi connectivity index (χ1n) is 9.26. The van der Waals surface area contributed by atoms with Crippen LogP contribution in [-0.4, -0.2) is 22.6 Å². The second-order valence-corrected chi connectivity index (χ2v) is 7.84. The van der Waals surface area contributed by atoms with Gasteiger partial charge < -0.3 is 9.52 Å². The van der Waals surface area contributed by atoms with Gasteiger partial charge in [-0.3, -0.25) is 14.4 Å². The molecule has 0 aliphatic heterocycles. The van der Waals surface area contributed by atoms with E-state index in [2.05, 4.69) is 0 Å². The van der Waals surface area contributed by atoms with Gasteiger partial charge in [-0.15, -0.1) is 0 Å². The van der Waals surface area contributed by atoms with Crippen molar-refractivity contribution < 1.29 is 23.9 Å². The first-order chi connectivity index (χ1) is 13.5. The van der Waals surface area contributed by atoms with Crippen molar-refractivity contribution in [1.82, 2.24) is 0 Å². The van der Waals surface area contributed by atoms with Crippen LogP contribution in [-0.2, 0) is 20.8 Å². The number of carboxylic acid groups (broad SMARTS) is 1. The highest BCUT2D eigenvalue weighted by atomic mass is 16.4. The zero-order chi connectivity index (χ0) is 21.5. The van der Waals surface area contributed by atoms with E-state index in [0.29, 0.717) is 22.3 Å². The van der Waals surface area contributed by atoms with Crippen molar-refractivity contribution in [3.05, 3.63) is 68.6 Å². The predicted molar refractivity (Wildman–Crippen MR) is 108 cm³/mol. The number of allylic oxidation sites excluding steroid dienone is 4. The maximum Gasteiger partial charge on any atom is 0.336 e. The summed E-state index contributed by atoms with van der Waals surface area (Å²) in [6, 6.07) is 8.24. The number of ketones is 2. The number of rotatable bonds is 5. The lowest BCUT2D eigenvalue weighted by atomic mass is 9.67. The number of carboxylic acids is 1. The Kier molecular flexibility index (Phi) is 5.13. The van der Waals surface area contributed by atoms with Crippen LogP contribution in [0.1, 0.15) is 39.7 Å². The number of benzene rings is 1. The summed E-state index contributed by atoms with van der Waals surface area (Å²) in [5, 5.41) is 10.3. The molecule has 0 fully saturated rings. The monoisotopic (exact) mass is 394 g/mol. The zero-order valence-corrected chi connectivity index (χ0v) is 16.8. The molecule has 0 saturated heterocycles. The van der Waals surface area contributed by atoms with E-state index in [1.54, 1.807) is 52.0 Å². The Hall–Kier alpha value is -3.28. The van der Waals surface area contributed by atoms with Crippen molar-refractivity contribution in [3.63, 3.8) is 0 Å². The van der Waals surface area contributed by atoms with E-state index in [4.69, 9.17) is 4.42 Å². The maximum atomic E-state index is 13.0. The van der Waals surface area contributed by atoms with Crippen LogP contribution >= 0.6 is 0 Å². The molecule has 1 atom stereocenters. The summed E-state index contributed by atoms with van der Waals surface area (Å²) < 4.78 is 5.22. The lowest BCUT2D eigenvalue weighted by Crippen LogP contribution is -2.35. The molecule has 0 amide bonds. The molecule has 6 heteroatoms. The van der Waals surface area contributed by atoms with E-state index in [1.165, 1.54) is 6.07 Å². The average Bonchev–Trinajstić information content (AvgIpc) is 2.63. The summed E-state index contributed by atoms with van der Waals surface area (Å²) in [5.41, 5.74) is 0.769. The highest BCUT2D eigenvalue weighted by Crippen LogP contribution is 2.42. The number of fused-ring (bicyclic) bond motifs is 1. The van der Waals surface area contributed by atoms with Crippen molar-refractivity contribution in [2.45, 2.75) is 40.5 Å². The van der Waals surface area contributed by atoms with Gasteiger partial charge >= 0.3 is 11.6 Å². The van der Waals surface area contributed by atoms with Crippen LogP contribution in [0.5, 0.6) is 0 Å². The standard InChI is InChI=1S/C23H22O6/c1-12-13(2)22(28)20(14(3)21(12)27)23(4,11-18(24)25)10-15-5-6-16-7-8-19(26)29-17(16)9-15/h5-9H,10-11H2,1-4H3,(H,24,25). The molecule has 0 spiro atoms. The molecular weight excluding hydrogens is 372 g/mol. The minimum atomic E-state index is -1.10. The molecule has 1 aliphatic carbocycles. The van der Waals surface area contributed by atoms with E-state index in [0.717, 1.165) is 5.39 Å². The summed E-state index contributed by atoms with van der Waals surface area (Å²) >= 11 is 0. The molecule has 0 radical (unpaired) electrons. The molecule has 29 heavy (non-hydrogen) atoms. The molecule has 0 saturated carbocycles. The van der Waals surface area contributed by atoms with Gasteiger partial charge in [-0.2, -0.15) is 0 Å². The summed E-state index contributed by atoms with van der Waals surface area (Å²) in [5.74, 6) is -1.60. The van der Waals surface area contributed by atoms with Crippen LogP contribution in [0.25, 0.3) is 11.0 Å². The summed E-state index contributed by atoms with van der Waals surface area (Å²) in [4.78, 5) is 48.8. The Morgan fingerprint density at radius 3 is 2.24 bits per heavy atom. The molecule has 0 bridgehead atoms. The van der Waals surface area contributed by atoms with Crippen LogP contribution in [0.4, 0.5) is 0 Å². The van der Waals surface area contributed by atoms with E-state index in [-0.39, 0.29) is 35.6 Å². The molecule has 1 aromatic carbocycles. The Balaban J connectivity index is 2.13. The number of carbonyl (C=O) groups is 3. The van der Waals surface area contributed by atoms with Gasteiger partial charge in [0, 0.05) is 39.2 Å². The van der Waals surface area contributed by atoms with E-state index in [1.807, 2.05) is 0 Å². The molecule has 3 rings (SSSR count). The SMILES string of the molecule is CC1=C(C)C(=O)C(C(C)(CC(=O)O)Cc2ccc3ccc(=O)oc3c2)=C(C)C1=O. The van der Waals surface area contributed by atoms with E-state index < -0.39 is 17.0 Å². The van der Waals surface area contributed by atoms with Crippen LogP contribution in [0.3, 0.4) is 0 Å². The van der Waals surface area contributed by atoms with Gasteiger partial charge in [-0.05, 0) is 44.9 Å². The topological polar surface area (TPSA) is 102 Å². The van der Waals surface area contributed by atoms with Gasteiger partial charge in [0.2, 0.25) is 0 Å². The normalized spacial score (nSPS) is 17.1.